The molecule has 0 saturated heterocycles. The van der Waals surface area contributed by atoms with Gasteiger partial charge in [0.25, 0.3) is 5.91 Å². The number of nitrogens with zero attached hydrogens (tertiary/aromatic N) is 1. The van der Waals surface area contributed by atoms with Gasteiger partial charge in [-0.15, -0.1) is 0 Å². The highest BCUT2D eigenvalue weighted by atomic mass is 19.4. The minimum Gasteiger partial charge on any atom is -0.486 e. The zero-order valence-electron chi connectivity index (χ0n) is 19.8. The number of hydrogen-bond acceptors (Lipinski definition) is 5. The third-order valence-corrected chi connectivity index (χ3v) is 7.11. The molecular formula is C27H27F3N2O5. The van der Waals surface area contributed by atoms with Gasteiger partial charge in [0.05, 0.1) is 24.1 Å². The smallest absolute Gasteiger partial charge is 0.416 e. The van der Waals surface area contributed by atoms with Gasteiger partial charge in [-0.05, 0) is 55.2 Å². The van der Waals surface area contributed by atoms with Crippen molar-refractivity contribution < 1.29 is 37.7 Å². The Morgan fingerprint density at radius 2 is 1.78 bits per heavy atom. The maximum absolute atomic E-state index is 13.6. The molecule has 0 radical (unpaired) electrons. The maximum atomic E-state index is 13.6. The molecule has 196 valence electrons. The summed E-state index contributed by atoms with van der Waals surface area (Å²) in [5.74, 6) is -0.837. The SMILES string of the molecule is O=C(NCCO)C1=C[C@@H](N(CC2CC2)C(=O)c2ccc(C(F)(F)F)cc2)[C@H](O)[C@H]2Oc3ccccc3[C@@H]12. The number of hydrogen-bond donors (Lipinski definition) is 3. The Morgan fingerprint density at radius 1 is 1.08 bits per heavy atom. The summed E-state index contributed by atoms with van der Waals surface area (Å²) in [6, 6.07) is 10.2. The molecule has 2 amide bonds. The molecule has 1 saturated carbocycles. The molecule has 2 aliphatic carbocycles. The largest absolute Gasteiger partial charge is 0.486 e. The summed E-state index contributed by atoms with van der Waals surface area (Å²) in [6.07, 6.45) is -3.22. The first-order valence-electron chi connectivity index (χ1n) is 12.2. The van der Waals surface area contributed by atoms with E-state index >= 15 is 0 Å². The lowest BCUT2D eigenvalue weighted by molar-refractivity contribution is -0.137. The minimum atomic E-state index is -4.53. The van der Waals surface area contributed by atoms with Gasteiger partial charge in [-0.25, -0.2) is 0 Å². The van der Waals surface area contributed by atoms with Crippen LogP contribution in [-0.4, -0.2) is 64.9 Å². The number of carbonyl (C=O) groups excluding carboxylic acids is 2. The molecule has 4 atom stereocenters. The third-order valence-electron chi connectivity index (χ3n) is 7.11. The van der Waals surface area contributed by atoms with Gasteiger partial charge < -0.3 is 25.2 Å². The number of benzene rings is 2. The number of rotatable bonds is 7. The van der Waals surface area contributed by atoms with E-state index in [0.29, 0.717) is 11.3 Å². The molecule has 1 aliphatic heterocycles. The van der Waals surface area contributed by atoms with Gasteiger partial charge in [-0.1, -0.05) is 18.2 Å². The molecule has 7 nitrogen and oxygen atoms in total. The number of nitrogens with one attached hydrogen (secondary N) is 1. The van der Waals surface area contributed by atoms with Gasteiger partial charge in [0.2, 0.25) is 5.91 Å². The second-order valence-corrected chi connectivity index (χ2v) is 9.66. The standard InChI is InChI=1S/C27H27F3N2O5/c28-27(29,30)17-9-7-16(8-10-17)26(36)32(14-15-5-6-15)20-13-19(25(35)31-11-12-33)22-18-3-1-2-4-21(18)37-24(22)23(20)34/h1-4,7-10,13,15,20,22-24,33-34H,5-6,11-12,14H2,(H,31,35)/t20-,22+,23+,24+/m1/s1. The second-order valence-electron chi connectivity index (χ2n) is 9.66. The quantitative estimate of drug-likeness (QED) is 0.526. The molecule has 0 unspecified atom stereocenters. The zero-order chi connectivity index (χ0) is 26.3. The molecule has 3 N–H and O–H groups in total. The topological polar surface area (TPSA) is 99.1 Å². The van der Waals surface area contributed by atoms with Crippen molar-refractivity contribution in [1.29, 1.82) is 0 Å². The molecule has 0 spiro atoms. The van der Waals surface area contributed by atoms with Gasteiger partial charge in [0.1, 0.15) is 18.0 Å². The third kappa shape index (κ3) is 4.95. The lowest BCUT2D eigenvalue weighted by atomic mass is 9.77. The molecule has 3 aliphatic rings. The molecule has 10 heteroatoms. The van der Waals surface area contributed by atoms with Crippen LogP contribution >= 0.6 is 0 Å². The number of amides is 2. The number of aliphatic hydroxyl groups is 2. The number of para-hydroxylation sites is 1. The first-order valence-corrected chi connectivity index (χ1v) is 12.2. The lowest BCUT2D eigenvalue weighted by Gasteiger charge is -2.41. The number of aliphatic hydroxyl groups excluding tert-OH is 2. The highest BCUT2D eigenvalue weighted by Gasteiger charge is 2.51. The molecule has 2 aromatic carbocycles. The van der Waals surface area contributed by atoms with E-state index < -0.39 is 47.7 Å². The number of halogens is 3. The Bertz CT molecular complexity index is 1210. The normalized spacial score (nSPS) is 24.4. The summed E-state index contributed by atoms with van der Waals surface area (Å²) in [5, 5.41) is 23.3. The van der Waals surface area contributed by atoms with E-state index in [2.05, 4.69) is 5.32 Å². The van der Waals surface area contributed by atoms with Crippen molar-refractivity contribution >= 4 is 11.8 Å². The van der Waals surface area contributed by atoms with Crippen molar-refractivity contribution in [3.8, 4) is 5.75 Å². The highest BCUT2D eigenvalue weighted by molar-refractivity contribution is 5.97. The molecule has 0 aromatic heterocycles. The van der Waals surface area contributed by atoms with Crippen molar-refractivity contribution in [2.75, 3.05) is 19.7 Å². The number of fused-ring (bicyclic) bond motifs is 3. The molecule has 0 bridgehead atoms. The van der Waals surface area contributed by atoms with E-state index in [-0.39, 0.29) is 31.2 Å². The summed E-state index contributed by atoms with van der Waals surface area (Å²) < 4.78 is 45.2. The minimum absolute atomic E-state index is 0.0273. The fourth-order valence-corrected chi connectivity index (χ4v) is 5.08. The van der Waals surface area contributed by atoms with Crippen LogP contribution in [-0.2, 0) is 11.0 Å². The first-order chi connectivity index (χ1) is 17.7. The number of carbonyl (C=O) groups is 2. The summed E-state index contributed by atoms with van der Waals surface area (Å²) in [7, 11) is 0. The van der Waals surface area contributed by atoms with E-state index in [0.717, 1.165) is 42.7 Å². The van der Waals surface area contributed by atoms with Crippen LogP contribution in [0.1, 0.15) is 40.2 Å². The zero-order valence-corrected chi connectivity index (χ0v) is 19.8. The van der Waals surface area contributed by atoms with Gasteiger partial charge in [0.15, 0.2) is 0 Å². The van der Waals surface area contributed by atoms with Crippen LogP contribution in [0.2, 0.25) is 0 Å². The van der Waals surface area contributed by atoms with Crippen LogP contribution in [0.15, 0.2) is 60.2 Å². The first kappa shape index (κ1) is 25.3. The van der Waals surface area contributed by atoms with Gasteiger partial charge in [-0.3, -0.25) is 9.59 Å². The summed E-state index contributed by atoms with van der Waals surface area (Å²) in [6.45, 7) is 0.0555. The summed E-state index contributed by atoms with van der Waals surface area (Å²) >= 11 is 0. The Labute approximate surface area is 211 Å². The van der Waals surface area contributed by atoms with Crippen LogP contribution in [0.3, 0.4) is 0 Å². The van der Waals surface area contributed by atoms with Crippen LogP contribution in [0.25, 0.3) is 0 Å². The van der Waals surface area contributed by atoms with Crippen molar-refractivity contribution in [1.82, 2.24) is 10.2 Å². The molecule has 2 aromatic rings. The Balaban J connectivity index is 1.52. The molecule has 37 heavy (non-hydrogen) atoms. The highest BCUT2D eigenvalue weighted by Crippen LogP contribution is 2.47. The van der Waals surface area contributed by atoms with Crippen LogP contribution in [0, 0.1) is 5.92 Å². The number of alkyl halides is 3. The van der Waals surface area contributed by atoms with Crippen LogP contribution in [0.5, 0.6) is 5.75 Å². The molecule has 1 heterocycles. The monoisotopic (exact) mass is 516 g/mol. The Hall–Kier alpha value is -3.37. The van der Waals surface area contributed by atoms with E-state index in [1.165, 1.54) is 4.90 Å². The second kappa shape index (κ2) is 9.83. The lowest BCUT2D eigenvalue weighted by Crippen LogP contribution is -2.56. The van der Waals surface area contributed by atoms with Crippen molar-refractivity contribution in [2.24, 2.45) is 5.92 Å². The summed E-state index contributed by atoms with van der Waals surface area (Å²) in [5.41, 5.74) is 0.231. The molecule has 5 rings (SSSR count). The average molecular weight is 517 g/mol. The van der Waals surface area contributed by atoms with Gasteiger partial charge in [0, 0.05) is 29.8 Å². The van der Waals surface area contributed by atoms with Crippen molar-refractivity contribution in [2.45, 2.75) is 43.2 Å². The van der Waals surface area contributed by atoms with E-state index in [9.17, 15) is 33.0 Å². The maximum Gasteiger partial charge on any atom is 0.416 e. The van der Waals surface area contributed by atoms with Crippen LogP contribution in [0.4, 0.5) is 13.2 Å². The fraction of sp³-hybridized carbons (Fsp3) is 0.407. The van der Waals surface area contributed by atoms with Crippen molar-refractivity contribution in [3.63, 3.8) is 0 Å². The Morgan fingerprint density at radius 3 is 2.43 bits per heavy atom. The van der Waals surface area contributed by atoms with E-state index in [4.69, 9.17) is 4.74 Å². The molecular weight excluding hydrogens is 489 g/mol. The number of ether oxygens (including phenoxy) is 1. The average Bonchev–Trinajstić information content (AvgIpc) is 3.63. The molecule has 1 fully saturated rings. The predicted octanol–water partition coefficient (Wildman–Crippen LogP) is 2.88. The summed E-state index contributed by atoms with van der Waals surface area (Å²) in [4.78, 5) is 28.2. The Kier molecular flexibility index (Phi) is 6.72. The van der Waals surface area contributed by atoms with Gasteiger partial charge >= 0.3 is 6.18 Å². The van der Waals surface area contributed by atoms with E-state index in [1.807, 2.05) is 6.07 Å². The van der Waals surface area contributed by atoms with Gasteiger partial charge in [-0.2, -0.15) is 13.2 Å². The van der Waals surface area contributed by atoms with E-state index in [1.54, 1.807) is 24.3 Å². The fourth-order valence-electron chi connectivity index (χ4n) is 5.08. The van der Waals surface area contributed by atoms with Crippen molar-refractivity contribution in [3.05, 3.63) is 76.9 Å². The van der Waals surface area contributed by atoms with Crippen LogP contribution < -0.4 is 10.1 Å². The predicted molar refractivity (Wildman–Crippen MR) is 127 cm³/mol.